The molecule has 0 radical (unpaired) electrons. The van der Waals surface area contributed by atoms with Gasteiger partial charge < -0.3 is 19.0 Å². The van der Waals surface area contributed by atoms with Crippen LogP contribution in [-0.2, 0) is 11.2 Å². The molecule has 158 valence electrons. The van der Waals surface area contributed by atoms with Gasteiger partial charge in [0.25, 0.3) is 0 Å². The standard InChI is InChI=1S/C26H18O6/c1-30-17-9-7-15(8-10-17)13-21-24(29)18-11-12-20-23(26(18)32-21)19(14-22(27)28)25(31-20)16-5-3-2-4-6-16/h2-13H,14H2,1H3,(H,27,28)/b21-13-. The molecule has 0 fully saturated rings. The molecule has 0 spiro atoms. The van der Waals surface area contributed by atoms with Crippen LogP contribution in [0.2, 0.25) is 0 Å². The van der Waals surface area contributed by atoms with Crippen LogP contribution in [0.1, 0.15) is 21.5 Å². The predicted molar refractivity (Wildman–Crippen MR) is 119 cm³/mol. The minimum atomic E-state index is -0.999. The van der Waals surface area contributed by atoms with Crippen molar-refractivity contribution in [2.75, 3.05) is 7.11 Å². The molecule has 1 aliphatic heterocycles. The number of allylic oxidation sites excluding steroid dienone is 1. The van der Waals surface area contributed by atoms with Crippen molar-refractivity contribution in [3.8, 4) is 22.8 Å². The third-order valence-corrected chi connectivity index (χ3v) is 5.37. The lowest BCUT2D eigenvalue weighted by atomic mass is 10.00. The second-order valence-electron chi connectivity index (χ2n) is 7.37. The summed E-state index contributed by atoms with van der Waals surface area (Å²) < 4.78 is 17.2. The van der Waals surface area contributed by atoms with Gasteiger partial charge in [-0.15, -0.1) is 0 Å². The molecule has 0 saturated carbocycles. The Bertz CT molecular complexity index is 1380. The smallest absolute Gasteiger partial charge is 0.307 e. The molecule has 0 amide bonds. The van der Waals surface area contributed by atoms with Gasteiger partial charge in [-0.3, -0.25) is 9.59 Å². The van der Waals surface area contributed by atoms with E-state index in [1.807, 2.05) is 42.5 Å². The number of furan rings is 1. The molecule has 1 aromatic heterocycles. The number of carbonyl (C=O) groups is 2. The van der Waals surface area contributed by atoms with E-state index < -0.39 is 5.97 Å². The number of fused-ring (bicyclic) bond motifs is 3. The molecule has 0 saturated heterocycles. The van der Waals surface area contributed by atoms with E-state index in [1.54, 1.807) is 37.5 Å². The Morgan fingerprint density at radius 3 is 2.47 bits per heavy atom. The number of rotatable bonds is 5. The highest BCUT2D eigenvalue weighted by Gasteiger charge is 2.33. The number of ether oxygens (including phenoxy) is 2. The van der Waals surface area contributed by atoms with Crippen molar-refractivity contribution in [3.05, 3.63) is 89.2 Å². The number of carboxylic acids is 1. The average molecular weight is 426 g/mol. The fourth-order valence-corrected chi connectivity index (χ4v) is 3.88. The average Bonchev–Trinajstić information content (AvgIpc) is 3.32. The first-order valence-electron chi connectivity index (χ1n) is 9.99. The normalized spacial score (nSPS) is 13.9. The summed E-state index contributed by atoms with van der Waals surface area (Å²) in [6.45, 7) is 0. The number of methoxy groups -OCH3 is 1. The summed E-state index contributed by atoms with van der Waals surface area (Å²) in [6, 6.07) is 19.9. The van der Waals surface area contributed by atoms with Gasteiger partial charge in [0.15, 0.2) is 5.76 Å². The first kappa shape index (κ1) is 19.6. The number of carboxylic acid groups (broad SMARTS) is 1. The van der Waals surface area contributed by atoms with E-state index >= 15 is 0 Å². The van der Waals surface area contributed by atoms with Crippen molar-refractivity contribution >= 4 is 28.8 Å². The van der Waals surface area contributed by atoms with Crippen LogP contribution in [-0.4, -0.2) is 24.0 Å². The van der Waals surface area contributed by atoms with Gasteiger partial charge in [0.1, 0.15) is 22.8 Å². The highest BCUT2D eigenvalue weighted by atomic mass is 16.5. The van der Waals surface area contributed by atoms with Crippen LogP contribution in [0, 0.1) is 0 Å². The lowest BCUT2D eigenvalue weighted by Crippen LogP contribution is -2.01. The summed E-state index contributed by atoms with van der Waals surface area (Å²) in [7, 11) is 1.59. The quantitative estimate of drug-likeness (QED) is 0.433. The predicted octanol–water partition coefficient (Wildman–Crippen LogP) is 5.35. The number of hydrogen-bond donors (Lipinski definition) is 1. The Morgan fingerprint density at radius 2 is 1.78 bits per heavy atom. The SMILES string of the molecule is COc1ccc(/C=C2\Oc3c(ccc4oc(-c5ccccc5)c(CC(=O)O)c34)C2=O)cc1. The van der Waals surface area contributed by atoms with Gasteiger partial charge in [-0.05, 0) is 35.9 Å². The molecular weight excluding hydrogens is 408 g/mol. The van der Waals surface area contributed by atoms with Crippen LogP contribution in [0.3, 0.4) is 0 Å². The zero-order chi connectivity index (χ0) is 22.2. The molecule has 6 heteroatoms. The van der Waals surface area contributed by atoms with E-state index in [4.69, 9.17) is 13.9 Å². The van der Waals surface area contributed by atoms with Gasteiger partial charge in [-0.2, -0.15) is 0 Å². The largest absolute Gasteiger partial charge is 0.497 e. The number of Topliss-reactive ketones (excluding diaryl/α,β-unsaturated/α-hetero) is 1. The number of hydrogen-bond acceptors (Lipinski definition) is 5. The van der Waals surface area contributed by atoms with Crippen molar-refractivity contribution in [2.24, 2.45) is 0 Å². The maximum atomic E-state index is 13.0. The van der Waals surface area contributed by atoms with E-state index in [9.17, 15) is 14.7 Å². The molecule has 1 N–H and O–H groups in total. The molecule has 5 rings (SSSR count). The second-order valence-corrected chi connectivity index (χ2v) is 7.37. The Morgan fingerprint density at radius 1 is 1.03 bits per heavy atom. The minimum Gasteiger partial charge on any atom is -0.497 e. The summed E-state index contributed by atoms with van der Waals surface area (Å²) >= 11 is 0. The summed E-state index contributed by atoms with van der Waals surface area (Å²) in [5.74, 6) is 0.402. The molecular formula is C26H18O6. The van der Waals surface area contributed by atoms with E-state index in [0.29, 0.717) is 39.4 Å². The number of carbonyl (C=O) groups excluding carboxylic acids is 1. The van der Waals surface area contributed by atoms with Crippen LogP contribution in [0.5, 0.6) is 11.5 Å². The first-order valence-corrected chi connectivity index (χ1v) is 9.99. The maximum Gasteiger partial charge on any atom is 0.307 e. The zero-order valence-corrected chi connectivity index (χ0v) is 17.1. The Kier molecular flexibility index (Phi) is 4.75. The van der Waals surface area contributed by atoms with E-state index in [1.165, 1.54) is 0 Å². The molecule has 3 aromatic carbocycles. The summed E-state index contributed by atoms with van der Waals surface area (Å²) in [6.07, 6.45) is 1.39. The highest BCUT2D eigenvalue weighted by molar-refractivity contribution is 6.18. The molecule has 2 heterocycles. The van der Waals surface area contributed by atoms with Crippen LogP contribution < -0.4 is 9.47 Å². The van der Waals surface area contributed by atoms with Crippen LogP contribution >= 0.6 is 0 Å². The molecule has 4 aromatic rings. The van der Waals surface area contributed by atoms with Gasteiger partial charge in [0, 0.05) is 11.1 Å². The van der Waals surface area contributed by atoms with E-state index in [2.05, 4.69) is 0 Å². The second kappa shape index (κ2) is 7.74. The van der Waals surface area contributed by atoms with Crippen molar-refractivity contribution in [3.63, 3.8) is 0 Å². The molecule has 0 unspecified atom stereocenters. The zero-order valence-electron chi connectivity index (χ0n) is 17.1. The Labute approximate surface area is 183 Å². The van der Waals surface area contributed by atoms with E-state index in [-0.39, 0.29) is 18.0 Å². The van der Waals surface area contributed by atoms with Crippen molar-refractivity contribution in [1.29, 1.82) is 0 Å². The van der Waals surface area contributed by atoms with Gasteiger partial charge in [0.2, 0.25) is 5.78 Å². The van der Waals surface area contributed by atoms with Crippen molar-refractivity contribution < 1.29 is 28.6 Å². The topological polar surface area (TPSA) is 86.0 Å². The maximum absolute atomic E-state index is 13.0. The number of ketones is 1. The van der Waals surface area contributed by atoms with Crippen LogP contribution in [0.25, 0.3) is 28.4 Å². The molecule has 0 aliphatic carbocycles. The van der Waals surface area contributed by atoms with Crippen LogP contribution in [0.4, 0.5) is 0 Å². The monoisotopic (exact) mass is 426 g/mol. The number of benzene rings is 3. The van der Waals surface area contributed by atoms with E-state index in [0.717, 1.165) is 11.1 Å². The van der Waals surface area contributed by atoms with Gasteiger partial charge in [-0.1, -0.05) is 42.5 Å². The summed E-state index contributed by atoms with van der Waals surface area (Å²) in [5, 5.41) is 10.0. The molecule has 0 bridgehead atoms. The molecule has 32 heavy (non-hydrogen) atoms. The summed E-state index contributed by atoms with van der Waals surface area (Å²) in [5.41, 5.74) is 2.86. The number of aliphatic carboxylic acids is 1. The third-order valence-electron chi connectivity index (χ3n) is 5.37. The van der Waals surface area contributed by atoms with Crippen molar-refractivity contribution in [1.82, 2.24) is 0 Å². The molecule has 1 aliphatic rings. The van der Waals surface area contributed by atoms with Crippen molar-refractivity contribution in [2.45, 2.75) is 6.42 Å². The molecule has 0 atom stereocenters. The van der Waals surface area contributed by atoms with Gasteiger partial charge >= 0.3 is 5.97 Å². The Hall–Kier alpha value is -4.32. The highest BCUT2D eigenvalue weighted by Crippen LogP contribution is 2.44. The lowest BCUT2D eigenvalue weighted by Gasteiger charge is -2.04. The van der Waals surface area contributed by atoms with Gasteiger partial charge in [-0.25, -0.2) is 0 Å². The minimum absolute atomic E-state index is 0.168. The van der Waals surface area contributed by atoms with Crippen LogP contribution in [0.15, 0.2) is 76.9 Å². The van der Waals surface area contributed by atoms with Gasteiger partial charge in [0.05, 0.1) is 24.5 Å². The first-order chi connectivity index (χ1) is 15.5. The molecule has 6 nitrogen and oxygen atoms in total. The fraction of sp³-hybridized carbons (Fsp3) is 0.0769. The lowest BCUT2D eigenvalue weighted by molar-refractivity contribution is -0.136. The fourth-order valence-electron chi connectivity index (χ4n) is 3.88. The Balaban J connectivity index is 1.65. The summed E-state index contributed by atoms with van der Waals surface area (Å²) in [4.78, 5) is 24.7. The third kappa shape index (κ3) is 3.32.